The first kappa shape index (κ1) is 15.3. The average Bonchev–Trinajstić information content (AvgIpc) is 3.22. The number of aliphatic carboxylic acids is 1. The topological polar surface area (TPSA) is 107 Å². The molecule has 2 rings (SSSR count). The number of hydrogen-bond acceptors (Lipinski definition) is 4. The van der Waals surface area contributed by atoms with Crippen LogP contribution in [0.3, 0.4) is 0 Å². The molecule has 2 N–H and O–H groups in total. The number of amides is 4. The van der Waals surface area contributed by atoms with E-state index in [9.17, 15) is 19.2 Å². The van der Waals surface area contributed by atoms with Gasteiger partial charge < -0.3 is 15.3 Å². The van der Waals surface area contributed by atoms with E-state index in [-0.39, 0.29) is 31.3 Å². The van der Waals surface area contributed by atoms with Crippen molar-refractivity contribution < 1.29 is 24.3 Å². The van der Waals surface area contributed by atoms with Crippen molar-refractivity contribution in [2.24, 2.45) is 5.92 Å². The van der Waals surface area contributed by atoms with Crippen LogP contribution in [0, 0.1) is 5.92 Å². The summed E-state index contributed by atoms with van der Waals surface area (Å²) in [7, 11) is 1.45. The quantitative estimate of drug-likeness (QED) is 0.651. The lowest BCUT2D eigenvalue weighted by Gasteiger charge is -2.22. The molecule has 1 unspecified atom stereocenters. The molecule has 1 heterocycles. The molecule has 21 heavy (non-hydrogen) atoms. The Labute approximate surface area is 122 Å². The van der Waals surface area contributed by atoms with Crippen LogP contribution in [-0.4, -0.2) is 64.4 Å². The van der Waals surface area contributed by atoms with Gasteiger partial charge in [0.1, 0.15) is 12.1 Å². The van der Waals surface area contributed by atoms with E-state index in [0.29, 0.717) is 0 Å². The third-order valence-electron chi connectivity index (χ3n) is 4.08. The Kier molecular flexibility index (Phi) is 3.89. The number of likely N-dealkylation sites (N-methyl/N-ethyl adjacent to an activating group) is 1. The lowest BCUT2D eigenvalue weighted by Crippen LogP contribution is -2.47. The van der Waals surface area contributed by atoms with E-state index in [0.717, 1.165) is 17.7 Å². The predicted octanol–water partition coefficient (Wildman–Crippen LogP) is -0.360. The van der Waals surface area contributed by atoms with Gasteiger partial charge in [0.2, 0.25) is 5.91 Å². The number of rotatable bonds is 6. The van der Waals surface area contributed by atoms with Gasteiger partial charge >= 0.3 is 12.0 Å². The number of nitrogens with zero attached hydrogens (tertiary/aromatic N) is 2. The van der Waals surface area contributed by atoms with Crippen molar-refractivity contribution in [1.29, 1.82) is 0 Å². The number of nitrogens with one attached hydrogen (secondary N) is 1. The summed E-state index contributed by atoms with van der Waals surface area (Å²) in [5, 5.41) is 11.2. The second-order valence-electron chi connectivity index (χ2n) is 5.76. The highest BCUT2D eigenvalue weighted by Gasteiger charge is 2.56. The zero-order valence-corrected chi connectivity index (χ0v) is 12.1. The number of carbonyl (C=O) groups is 4. The van der Waals surface area contributed by atoms with E-state index in [1.54, 1.807) is 6.92 Å². The number of carboxylic acids is 1. The van der Waals surface area contributed by atoms with Crippen LogP contribution in [-0.2, 0) is 14.4 Å². The van der Waals surface area contributed by atoms with Crippen molar-refractivity contribution >= 4 is 23.8 Å². The summed E-state index contributed by atoms with van der Waals surface area (Å²) in [5.74, 6) is -1.71. The Balaban J connectivity index is 1.96. The highest BCUT2D eigenvalue weighted by molar-refractivity contribution is 6.09. The van der Waals surface area contributed by atoms with Crippen LogP contribution < -0.4 is 5.32 Å². The van der Waals surface area contributed by atoms with Gasteiger partial charge in [-0.25, -0.2) is 4.79 Å². The minimum Gasteiger partial charge on any atom is -0.481 e. The van der Waals surface area contributed by atoms with Crippen molar-refractivity contribution in [3.63, 3.8) is 0 Å². The van der Waals surface area contributed by atoms with Crippen LogP contribution in [0.2, 0.25) is 0 Å². The second-order valence-corrected chi connectivity index (χ2v) is 5.76. The highest BCUT2D eigenvalue weighted by atomic mass is 16.4. The summed E-state index contributed by atoms with van der Waals surface area (Å²) >= 11 is 0. The maximum atomic E-state index is 12.3. The molecule has 0 radical (unpaired) electrons. The fourth-order valence-electron chi connectivity index (χ4n) is 2.44. The Morgan fingerprint density at radius 1 is 1.43 bits per heavy atom. The number of urea groups is 1. The Bertz CT molecular complexity index is 502. The zero-order valence-electron chi connectivity index (χ0n) is 12.1. The van der Waals surface area contributed by atoms with Crippen LogP contribution in [0.1, 0.15) is 26.2 Å². The van der Waals surface area contributed by atoms with Gasteiger partial charge in [-0.2, -0.15) is 0 Å². The minimum absolute atomic E-state index is 0.0394. The maximum Gasteiger partial charge on any atom is 0.325 e. The lowest BCUT2D eigenvalue weighted by atomic mass is 9.96. The first-order valence-corrected chi connectivity index (χ1v) is 6.85. The van der Waals surface area contributed by atoms with Crippen molar-refractivity contribution in [3.05, 3.63) is 0 Å². The van der Waals surface area contributed by atoms with E-state index >= 15 is 0 Å². The van der Waals surface area contributed by atoms with Crippen LogP contribution in [0.4, 0.5) is 4.79 Å². The molecular weight excluding hydrogens is 278 g/mol. The van der Waals surface area contributed by atoms with Crippen molar-refractivity contribution in [2.45, 2.75) is 31.7 Å². The molecule has 1 saturated carbocycles. The number of hydrogen-bond donors (Lipinski definition) is 2. The Morgan fingerprint density at radius 2 is 2.05 bits per heavy atom. The largest absolute Gasteiger partial charge is 0.481 e. The molecule has 2 fully saturated rings. The molecule has 0 aromatic carbocycles. The van der Waals surface area contributed by atoms with Gasteiger partial charge in [0.25, 0.3) is 5.91 Å². The predicted molar refractivity (Wildman–Crippen MR) is 71.3 cm³/mol. The molecule has 0 spiro atoms. The molecule has 0 aromatic rings. The van der Waals surface area contributed by atoms with E-state index < -0.39 is 23.4 Å². The van der Waals surface area contributed by atoms with Gasteiger partial charge in [-0.05, 0) is 25.7 Å². The summed E-state index contributed by atoms with van der Waals surface area (Å²) in [6.45, 7) is 1.37. The molecule has 1 saturated heterocycles. The van der Waals surface area contributed by atoms with Crippen LogP contribution in [0.25, 0.3) is 0 Å². The SMILES string of the molecule is CN(CCC(=O)O)C(=O)CN1C(=O)NC(C)(C2CC2)C1=O. The molecule has 8 nitrogen and oxygen atoms in total. The lowest BCUT2D eigenvalue weighted by molar-refractivity contribution is -0.140. The number of carboxylic acid groups (broad SMARTS) is 1. The van der Waals surface area contributed by atoms with E-state index in [2.05, 4.69) is 5.32 Å². The first-order chi connectivity index (χ1) is 9.75. The Hall–Kier alpha value is -2.12. The van der Waals surface area contributed by atoms with Crippen LogP contribution >= 0.6 is 0 Å². The molecule has 2 aliphatic rings. The second kappa shape index (κ2) is 5.34. The van der Waals surface area contributed by atoms with Crippen molar-refractivity contribution in [2.75, 3.05) is 20.1 Å². The summed E-state index contributed by atoms with van der Waals surface area (Å²) in [6, 6.07) is -0.561. The number of carbonyl (C=O) groups excluding carboxylic acids is 3. The van der Waals surface area contributed by atoms with E-state index in [4.69, 9.17) is 5.11 Å². The van der Waals surface area contributed by atoms with Gasteiger partial charge in [-0.15, -0.1) is 0 Å². The minimum atomic E-state index is -1.01. The molecule has 0 bridgehead atoms. The summed E-state index contributed by atoms with van der Waals surface area (Å²) in [6.07, 6.45) is 1.60. The average molecular weight is 297 g/mol. The van der Waals surface area contributed by atoms with Gasteiger partial charge in [0, 0.05) is 13.6 Å². The molecular formula is C13H19N3O5. The van der Waals surface area contributed by atoms with Gasteiger partial charge in [0.15, 0.2) is 0 Å². The van der Waals surface area contributed by atoms with Crippen molar-refractivity contribution in [3.8, 4) is 0 Å². The first-order valence-electron chi connectivity index (χ1n) is 6.85. The van der Waals surface area contributed by atoms with E-state index in [1.807, 2.05) is 0 Å². The smallest absolute Gasteiger partial charge is 0.325 e. The zero-order chi connectivity index (χ0) is 15.8. The third kappa shape index (κ3) is 2.98. The van der Waals surface area contributed by atoms with Gasteiger partial charge in [-0.3, -0.25) is 19.3 Å². The Morgan fingerprint density at radius 3 is 2.57 bits per heavy atom. The fourth-order valence-corrected chi connectivity index (χ4v) is 2.44. The molecule has 0 aromatic heterocycles. The van der Waals surface area contributed by atoms with Crippen LogP contribution in [0.15, 0.2) is 0 Å². The molecule has 8 heteroatoms. The fraction of sp³-hybridized carbons (Fsp3) is 0.692. The monoisotopic (exact) mass is 297 g/mol. The maximum absolute atomic E-state index is 12.3. The standard InChI is InChI=1S/C13H19N3O5/c1-13(8-3-4-8)11(20)16(12(21)14-13)7-9(17)15(2)6-5-10(18)19/h8H,3-7H2,1-2H3,(H,14,21)(H,18,19). The molecule has 1 aliphatic heterocycles. The molecule has 116 valence electrons. The summed E-state index contributed by atoms with van der Waals surface area (Å²) < 4.78 is 0. The number of imide groups is 1. The normalized spacial score (nSPS) is 25.0. The summed E-state index contributed by atoms with van der Waals surface area (Å²) in [5.41, 5.74) is -0.906. The van der Waals surface area contributed by atoms with Gasteiger partial charge in [0.05, 0.1) is 6.42 Å². The summed E-state index contributed by atoms with van der Waals surface area (Å²) in [4.78, 5) is 48.8. The van der Waals surface area contributed by atoms with E-state index in [1.165, 1.54) is 11.9 Å². The third-order valence-corrected chi connectivity index (χ3v) is 4.08. The van der Waals surface area contributed by atoms with Gasteiger partial charge in [-0.1, -0.05) is 0 Å². The van der Waals surface area contributed by atoms with Crippen LogP contribution in [0.5, 0.6) is 0 Å². The molecule has 4 amide bonds. The van der Waals surface area contributed by atoms with Crippen molar-refractivity contribution in [1.82, 2.24) is 15.1 Å². The highest BCUT2D eigenvalue weighted by Crippen LogP contribution is 2.42. The molecule has 1 atom stereocenters. The molecule has 1 aliphatic carbocycles.